The van der Waals surface area contributed by atoms with Crippen LogP contribution in [0.2, 0.25) is 0 Å². The van der Waals surface area contributed by atoms with E-state index in [1.54, 1.807) is 6.07 Å². The number of carbonyl (C=O) groups is 2. The van der Waals surface area contributed by atoms with Gasteiger partial charge in [0.25, 0.3) is 5.92 Å². The summed E-state index contributed by atoms with van der Waals surface area (Å²) in [5, 5.41) is 17.8. The van der Waals surface area contributed by atoms with Crippen LogP contribution in [0.4, 0.5) is 8.78 Å². The van der Waals surface area contributed by atoms with Crippen LogP contribution in [0.15, 0.2) is 48.5 Å². The summed E-state index contributed by atoms with van der Waals surface area (Å²) in [7, 11) is 0. The van der Waals surface area contributed by atoms with E-state index in [0.29, 0.717) is 6.07 Å². The molecular formula is C15H10F2O4. The van der Waals surface area contributed by atoms with E-state index in [-0.39, 0.29) is 5.56 Å². The maximum atomic E-state index is 14.3. The Bertz CT molecular complexity index is 696. The molecule has 6 heteroatoms. The molecule has 0 radical (unpaired) electrons. The Morgan fingerprint density at radius 1 is 0.810 bits per heavy atom. The maximum absolute atomic E-state index is 14.3. The molecule has 0 amide bonds. The summed E-state index contributed by atoms with van der Waals surface area (Å²) in [4.78, 5) is 21.9. The van der Waals surface area contributed by atoms with E-state index in [9.17, 15) is 18.4 Å². The van der Waals surface area contributed by atoms with Crippen molar-refractivity contribution in [3.8, 4) is 0 Å². The van der Waals surface area contributed by atoms with Gasteiger partial charge in [-0.25, -0.2) is 9.59 Å². The highest BCUT2D eigenvalue weighted by atomic mass is 19.3. The second-order valence-corrected chi connectivity index (χ2v) is 4.31. The van der Waals surface area contributed by atoms with Crippen molar-refractivity contribution in [3.63, 3.8) is 0 Å². The fraction of sp³-hybridized carbons (Fsp3) is 0.0667. The summed E-state index contributed by atoms with van der Waals surface area (Å²) in [6, 6.07) is 9.37. The largest absolute Gasteiger partial charge is 0.478 e. The van der Waals surface area contributed by atoms with E-state index in [4.69, 9.17) is 10.2 Å². The zero-order valence-corrected chi connectivity index (χ0v) is 10.6. The van der Waals surface area contributed by atoms with Gasteiger partial charge in [-0.2, -0.15) is 8.78 Å². The minimum atomic E-state index is -3.41. The van der Waals surface area contributed by atoms with E-state index in [1.165, 1.54) is 24.3 Å². The molecule has 0 aliphatic heterocycles. The highest BCUT2D eigenvalue weighted by molar-refractivity contribution is 6.01. The molecule has 2 aromatic rings. The third-order valence-electron chi connectivity index (χ3n) is 2.98. The number of alkyl halides is 2. The lowest BCUT2D eigenvalue weighted by molar-refractivity contribution is 0.0425. The Hall–Kier alpha value is -2.76. The molecule has 2 rings (SSSR count). The van der Waals surface area contributed by atoms with Crippen molar-refractivity contribution < 1.29 is 28.6 Å². The van der Waals surface area contributed by atoms with Crippen LogP contribution in [0.1, 0.15) is 31.8 Å². The van der Waals surface area contributed by atoms with Gasteiger partial charge < -0.3 is 10.2 Å². The lowest BCUT2D eigenvalue weighted by atomic mass is 9.96. The van der Waals surface area contributed by atoms with Gasteiger partial charge in [-0.15, -0.1) is 0 Å². The molecule has 0 heterocycles. The van der Waals surface area contributed by atoms with Gasteiger partial charge in [0.2, 0.25) is 0 Å². The number of carboxylic acid groups (broad SMARTS) is 2. The van der Waals surface area contributed by atoms with Crippen molar-refractivity contribution in [2.75, 3.05) is 0 Å². The zero-order valence-electron chi connectivity index (χ0n) is 10.6. The number of aromatic carboxylic acids is 2. The van der Waals surface area contributed by atoms with Gasteiger partial charge >= 0.3 is 11.9 Å². The summed E-state index contributed by atoms with van der Waals surface area (Å²) in [5.74, 6) is -6.47. The first-order valence-electron chi connectivity index (χ1n) is 5.88. The lowest BCUT2D eigenvalue weighted by Gasteiger charge is -2.18. The fourth-order valence-electron chi connectivity index (χ4n) is 1.92. The van der Waals surface area contributed by atoms with E-state index in [1.807, 2.05) is 0 Å². The Kier molecular flexibility index (Phi) is 3.71. The molecule has 0 atom stereocenters. The predicted octanol–water partition coefficient (Wildman–Crippen LogP) is 3.22. The Morgan fingerprint density at radius 3 is 1.90 bits per heavy atom. The van der Waals surface area contributed by atoms with Gasteiger partial charge in [0.05, 0.1) is 11.1 Å². The summed E-state index contributed by atoms with van der Waals surface area (Å²) >= 11 is 0. The average molecular weight is 292 g/mol. The van der Waals surface area contributed by atoms with Gasteiger partial charge in [-0.1, -0.05) is 36.4 Å². The van der Waals surface area contributed by atoms with Crippen LogP contribution in [-0.4, -0.2) is 22.2 Å². The molecule has 0 saturated heterocycles. The van der Waals surface area contributed by atoms with Crippen LogP contribution in [0.3, 0.4) is 0 Å². The van der Waals surface area contributed by atoms with Crippen molar-refractivity contribution >= 4 is 11.9 Å². The Balaban J connectivity index is 2.57. The van der Waals surface area contributed by atoms with Gasteiger partial charge in [0.15, 0.2) is 0 Å². The summed E-state index contributed by atoms with van der Waals surface area (Å²) in [6.45, 7) is 0. The van der Waals surface area contributed by atoms with Crippen molar-refractivity contribution in [2.24, 2.45) is 0 Å². The van der Waals surface area contributed by atoms with E-state index >= 15 is 0 Å². The van der Waals surface area contributed by atoms with Gasteiger partial charge in [-0.3, -0.25) is 0 Å². The van der Waals surface area contributed by atoms with E-state index in [2.05, 4.69) is 0 Å². The minimum Gasteiger partial charge on any atom is -0.478 e. The molecule has 0 bridgehead atoms. The third-order valence-corrected chi connectivity index (χ3v) is 2.98. The fourth-order valence-corrected chi connectivity index (χ4v) is 1.92. The van der Waals surface area contributed by atoms with Crippen LogP contribution in [0.25, 0.3) is 0 Å². The van der Waals surface area contributed by atoms with Gasteiger partial charge in [0.1, 0.15) is 0 Å². The smallest absolute Gasteiger partial charge is 0.336 e. The van der Waals surface area contributed by atoms with Crippen LogP contribution in [0, 0.1) is 0 Å². The zero-order chi connectivity index (χ0) is 15.6. The quantitative estimate of drug-likeness (QED) is 0.907. The van der Waals surface area contributed by atoms with Crippen molar-refractivity contribution in [1.29, 1.82) is 0 Å². The molecule has 0 aliphatic rings. The number of carboxylic acids is 2. The molecule has 4 nitrogen and oxygen atoms in total. The van der Waals surface area contributed by atoms with Crippen LogP contribution in [0.5, 0.6) is 0 Å². The second kappa shape index (κ2) is 5.32. The van der Waals surface area contributed by atoms with Gasteiger partial charge in [0, 0.05) is 11.1 Å². The summed E-state index contributed by atoms with van der Waals surface area (Å²) in [5.41, 5.74) is -2.08. The Morgan fingerprint density at radius 2 is 1.38 bits per heavy atom. The monoisotopic (exact) mass is 292 g/mol. The molecule has 0 aromatic heterocycles. The number of hydrogen-bond acceptors (Lipinski definition) is 2. The SMILES string of the molecule is O=C(O)c1ccc(C(F)(F)c2ccccc2)cc1C(=O)O. The van der Waals surface area contributed by atoms with Crippen LogP contribution < -0.4 is 0 Å². The van der Waals surface area contributed by atoms with Crippen molar-refractivity contribution in [1.82, 2.24) is 0 Å². The molecule has 0 fully saturated rings. The number of benzene rings is 2. The van der Waals surface area contributed by atoms with E-state index in [0.717, 1.165) is 12.1 Å². The summed E-state index contributed by atoms with van der Waals surface area (Å²) < 4.78 is 28.6. The molecule has 2 aromatic carbocycles. The van der Waals surface area contributed by atoms with Crippen LogP contribution >= 0.6 is 0 Å². The lowest BCUT2D eigenvalue weighted by Crippen LogP contribution is -2.17. The highest BCUT2D eigenvalue weighted by Gasteiger charge is 2.35. The first kappa shape index (κ1) is 14.6. The normalized spacial score (nSPS) is 11.1. The summed E-state index contributed by atoms with van der Waals surface area (Å²) in [6.07, 6.45) is 0. The molecule has 21 heavy (non-hydrogen) atoms. The van der Waals surface area contributed by atoms with E-state index < -0.39 is 34.6 Å². The van der Waals surface area contributed by atoms with Crippen molar-refractivity contribution in [2.45, 2.75) is 5.92 Å². The topological polar surface area (TPSA) is 74.6 Å². The Labute approximate surface area is 118 Å². The second-order valence-electron chi connectivity index (χ2n) is 4.31. The molecular weight excluding hydrogens is 282 g/mol. The highest BCUT2D eigenvalue weighted by Crippen LogP contribution is 2.36. The average Bonchev–Trinajstić information content (AvgIpc) is 2.47. The third kappa shape index (κ3) is 2.74. The first-order valence-corrected chi connectivity index (χ1v) is 5.88. The maximum Gasteiger partial charge on any atom is 0.336 e. The van der Waals surface area contributed by atoms with Crippen LogP contribution in [-0.2, 0) is 5.92 Å². The predicted molar refractivity (Wildman–Crippen MR) is 69.8 cm³/mol. The van der Waals surface area contributed by atoms with Gasteiger partial charge in [-0.05, 0) is 12.1 Å². The number of hydrogen-bond donors (Lipinski definition) is 2. The molecule has 2 N–H and O–H groups in total. The molecule has 0 aliphatic carbocycles. The minimum absolute atomic E-state index is 0.301. The molecule has 0 spiro atoms. The number of rotatable bonds is 4. The molecule has 108 valence electrons. The standard InChI is InChI=1S/C15H10F2O4/c16-15(17,9-4-2-1-3-5-9)10-6-7-11(13(18)19)12(8-10)14(20)21/h1-8H,(H,18,19)(H,20,21). The molecule has 0 unspecified atom stereocenters. The first-order chi connectivity index (χ1) is 9.84. The molecule has 0 saturated carbocycles. The van der Waals surface area contributed by atoms with Crippen molar-refractivity contribution in [3.05, 3.63) is 70.8 Å². The number of halogens is 2.